The molecule has 1 aromatic carbocycles. The molecule has 82 valence electrons. The van der Waals surface area contributed by atoms with Gasteiger partial charge in [-0.25, -0.2) is 4.98 Å². The molecule has 16 heavy (non-hydrogen) atoms. The molecule has 0 spiro atoms. The van der Waals surface area contributed by atoms with E-state index in [4.69, 9.17) is 12.2 Å². The molecule has 0 unspecified atom stereocenters. The highest BCUT2D eigenvalue weighted by molar-refractivity contribution is 7.71. The Hall–Kier alpha value is -1.48. The Labute approximate surface area is 100 Å². The third-order valence-corrected chi connectivity index (χ3v) is 2.67. The molecule has 0 amide bonds. The zero-order chi connectivity index (χ0) is 11.5. The van der Waals surface area contributed by atoms with Gasteiger partial charge >= 0.3 is 0 Å². The van der Waals surface area contributed by atoms with Crippen LogP contribution in [0, 0.1) is 11.6 Å². The number of nitrogens with zero attached hydrogens (tertiary/aromatic N) is 1. The predicted molar refractivity (Wildman–Crippen MR) is 69.0 cm³/mol. The van der Waals surface area contributed by atoms with Gasteiger partial charge in [0.15, 0.2) is 0 Å². The van der Waals surface area contributed by atoms with Crippen LogP contribution in [-0.2, 0) is 6.42 Å². The van der Waals surface area contributed by atoms with Crippen molar-refractivity contribution in [1.29, 1.82) is 0 Å². The van der Waals surface area contributed by atoms with Crippen molar-refractivity contribution in [3.8, 4) is 11.3 Å². The molecule has 0 aliphatic carbocycles. The van der Waals surface area contributed by atoms with Crippen molar-refractivity contribution >= 4 is 12.2 Å². The smallest absolute Gasteiger partial charge is 0.130 e. The van der Waals surface area contributed by atoms with E-state index in [1.807, 2.05) is 12.1 Å². The molecule has 0 saturated heterocycles. The van der Waals surface area contributed by atoms with Crippen molar-refractivity contribution in [2.75, 3.05) is 0 Å². The number of aromatic amines is 1. The SMILES string of the molecule is CCc1nc(=S)cc(-c2cccc(C)c2)[nH]1. The summed E-state index contributed by atoms with van der Waals surface area (Å²) < 4.78 is 0.645. The summed E-state index contributed by atoms with van der Waals surface area (Å²) >= 11 is 5.16. The van der Waals surface area contributed by atoms with Crippen LogP contribution in [-0.4, -0.2) is 9.97 Å². The lowest BCUT2D eigenvalue weighted by Crippen LogP contribution is -1.95. The molecule has 0 fully saturated rings. The van der Waals surface area contributed by atoms with Gasteiger partial charge in [-0.15, -0.1) is 0 Å². The molecule has 1 N–H and O–H groups in total. The van der Waals surface area contributed by atoms with E-state index in [1.54, 1.807) is 0 Å². The molecule has 3 heteroatoms. The molecule has 0 saturated carbocycles. The van der Waals surface area contributed by atoms with Gasteiger partial charge in [-0.2, -0.15) is 0 Å². The Balaban J connectivity index is 2.55. The van der Waals surface area contributed by atoms with Crippen LogP contribution in [0.25, 0.3) is 11.3 Å². The third kappa shape index (κ3) is 2.36. The van der Waals surface area contributed by atoms with Crippen LogP contribution >= 0.6 is 12.2 Å². The van der Waals surface area contributed by atoms with E-state index in [0.717, 1.165) is 23.5 Å². The molecule has 0 aliphatic heterocycles. The van der Waals surface area contributed by atoms with Crippen molar-refractivity contribution in [3.05, 3.63) is 46.4 Å². The number of rotatable bonds is 2. The fraction of sp³-hybridized carbons (Fsp3) is 0.231. The van der Waals surface area contributed by atoms with Crippen molar-refractivity contribution in [3.63, 3.8) is 0 Å². The summed E-state index contributed by atoms with van der Waals surface area (Å²) in [5.41, 5.74) is 3.44. The van der Waals surface area contributed by atoms with Gasteiger partial charge in [0.05, 0.1) is 0 Å². The second-order valence-corrected chi connectivity index (χ2v) is 4.22. The number of aromatic nitrogens is 2. The van der Waals surface area contributed by atoms with Crippen molar-refractivity contribution in [1.82, 2.24) is 9.97 Å². The first-order valence-corrected chi connectivity index (χ1v) is 5.77. The molecule has 0 atom stereocenters. The van der Waals surface area contributed by atoms with Crippen LogP contribution in [0.5, 0.6) is 0 Å². The Kier molecular flexibility index (Phi) is 3.15. The van der Waals surface area contributed by atoms with Crippen LogP contribution < -0.4 is 0 Å². The normalized spacial score (nSPS) is 10.4. The third-order valence-electron chi connectivity index (χ3n) is 2.46. The lowest BCUT2D eigenvalue weighted by molar-refractivity contribution is 0.936. The van der Waals surface area contributed by atoms with E-state index < -0.39 is 0 Å². The molecule has 0 radical (unpaired) electrons. The summed E-state index contributed by atoms with van der Waals surface area (Å²) in [6, 6.07) is 10.3. The minimum atomic E-state index is 0.645. The van der Waals surface area contributed by atoms with Gasteiger partial charge in [-0.3, -0.25) is 0 Å². The highest BCUT2D eigenvalue weighted by atomic mass is 32.1. The molecule has 2 nitrogen and oxygen atoms in total. The van der Waals surface area contributed by atoms with Crippen LogP contribution in [0.1, 0.15) is 18.3 Å². The molecule has 1 aromatic heterocycles. The van der Waals surface area contributed by atoms with E-state index in [1.165, 1.54) is 5.56 Å². The number of nitrogens with one attached hydrogen (secondary N) is 1. The lowest BCUT2D eigenvalue weighted by atomic mass is 10.1. The predicted octanol–water partition coefficient (Wildman–Crippen LogP) is 3.68. The van der Waals surface area contributed by atoms with Gasteiger partial charge in [0.2, 0.25) is 0 Å². The van der Waals surface area contributed by atoms with Crippen LogP contribution in [0.4, 0.5) is 0 Å². The van der Waals surface area contributed by atoms with Crippen LogP contribution in [0.2, 0.25) is 0 Å². The summed E-state index contributed by atoms with van der Waals surface area (Å²) in [5, 5.41) is 0. The van der Waals surface area contributed by atoms with Gasteiger partial charge in [0.1, 0.15) is 10.5 Å². The number of aryl methyl sites for hydroxylation is 2. The maximum absolute atomic E-state index is 5.16. The highest BCUT2D eigenvalue weighted by Gasteiger charge is 2.00. The largest absolute Gasteiger partial charge is 0.343 e. The lowest BCUT2D eigenvalue weighted by Gasteiger charge is -2.05. The number of hydrogen-bond donors (Lipinski definition) is 1. The maximum Gasteiger partial charge on any atom is 0.130 e. The minimum Gasteiger partial charge on any atom is -0.343 e. The Bertz CT molecular complexity index is 558. The fourth-order valence-electron chi connectivity index (χ4n) is 1.64. The van der Waals surface area contributed by atoms with E-state index in [9.17, 15) is 0 Å². The summed E-state index contributed by atoms with van der Waals surface area (Å²) in [5.74, 6) is 0.934. The summed E-state index contributed by atoms with van der Waals surface area (Å²) in [7, 11) is 0. The highest BCUT2D eigenvalue weighted by Crippen LogP contribution is 2.18. The Morgan fingerprint density at radius 2 is 2.12 bits per heavy atom. The van der Waals surface area contributed by atoms with Gasteiger partial charge in [-0.05, 0) is 24.6 Å². The minimum absolute atomic E-state index is 0.645. The summed E-state index contributed by atoms with van der Waals surface area (Å²) in [6.07, 6.45) is 0.864. The number of benzene rings is 1. The fourth-order valence-corrected chi connectivity index (χ4v) is 1.87. The molecule has 2 rings (SSSR count). The number of H-pyrrole nitrogens is 1. The van der Waals surface area contributed by atoms with Gasteiger partial charge in [-0.1, -0.05) is 42.9 Å². The summed E-state index contributed by atoms with van der Waals surface area (Å²) in [6.45, 7) is 4.15. The topological polar surface area (TPSA) is 28.7 Å². The van der Waals surface area contributed by atoms with Gasteiger partial charge < -0.3 is 4.98 Å². The van der Waals surface area contributed by atoms with E-state index >= 15 is 0 Å². The van der Waals surface area contributed by atoms with Crippen molar-refractivity contribution < 1.29 is 0 Å². The standard InChI is InChI=1S/C13H14N2S/c1-3-12-14-11(8-13(16)15-12)10-6-4-5-9(2)7-10/h4-8H,3H2,1-2H3,(H,14,15,16). The second-order valence-electron chi connectivity index (χ2n) is 3.80. The Morgan fingerprint density at radius 1 is 1.31 bits per heavy atom. The quantitative estimate of drug-likeness (QED) is 0.797. The molecular weight excluding hydrogens is 216 g/mol. The molecule has 0 bridgehead atoms. The van der Waals surface area contributed by atoms with Crippen LogP contribution in [0.15, 0.2) is 30.3 Å². The van der Waals surface area contributed by atoms with Crippen molar-refractivity contribution in [2.45, 2.75) is 20.3 Å². The molecule has 2 aromatic rings. The van der Waals surface area contributed by atoms with Gasteiger partial charge in [0, 0.05) is 12.1 Å². The average Bonchev–Trinajstić information content (AvgIpc) is 2.28. The van der Waals surface area contributed by atoms with Gasteiger partial charge in [0.25, 0.3) is 0 Å². The molecular formula is C13H14N2S. The maximum atomic E-state index is 5.16. The average molecular weight is 230 g/mol. The van der Waals surface area contributed by atoms with Crippen molar-refractivity contribution in [2.24, 2.45) is 0 Å². The molecule has 0 aliphatic rings. The first kappa shape index (κ1) is 11.0. The number of hydrogen-bond acceptors (Lipinski definition) is 2. The monoisotopic (exact) mass is 230 g/mol. The zero-order valence-corrected chi connectivity index (χ0v) is 10.3. The molecule has 1 heterocycles. The zero-order valence-electron chi connectivity index (χ0n) is 9.45. The van der Waals surface area contributed by atoms with E-state index in [2.05, 4.69) is 42.0 Å². The van der Waals surface area contributed by atoms with Crippen LogP contribution in [0.3, 0.4) is 0 Å². The Morgan fingerprint density at radius 3 is 2.81 bits per heavy atom. The second kappa shape index (κ2) is 4.58. The van der Waals surface area contributed by atoms with E-state index in [0.29, 0.717) is 4.64 Å². The first-order chi connectivity index (χ1) is 7.69. The summed E-state index contributed by atoms with van der Waals surface area (Å²) in [4.78, 5) is 7.56. The van der Waals surface area contributed by atoms with E-state index in [-0.39, 0.29) is 0 Å². The first-order valence-electron chi connectivity index (χ1n) is 5.36.